The summed E-state index contributed by atoms with van der Waals surface area (Å²) in [6, 6.07) is 15.3. The van der Waals surface area contributed by atoms with E-state index in [1.165, 1.54) is 0 Å². The van der Waals surface area contributed by atoms with Gasteiger partial charge in [-0.1, -0.05) is 27.5 Å². The fraction of sp³-hybridized carbons (Fsp3) is 0.292. The van der Waals surface area contributed by atoms with Gasteiger partial charge in [-0.15, -0.1) is 10.2 Å². The van der Waals surface area contributed by atoms with Crippen LogP contribution in [0.15, 0.2) is 61.8 Å². The van der Waals surface area contributed by atoms with Gasteiger partial charge in [0, 0.05) is 32.5 Å². The number of amides is 1. The van der Waals surface area contributed by atoms with E-state index in [0.717, 1.165) is 41.1 Å². The number of carbonyl (C=O) groups excluding carboxylic acids is 1. The summed E-state index contributed by atoms with van der Waals surface area (Å²) >= 11 is 9.43. The number of carbonyl (C=O) groups is 1. The molecule has 1 fully saturated rings. The van der Waals surface area contributed by atoms with E-state index in [4.69, 9.17) is 20.4 Å². The molecule has 0 spiro atoms. The van der Waals surface area contributed by atoms with Crippen molar-refractivity contribution in [2.75, 3.05) is 0 Å². The van der Waals surface area contributed by atoms with Crippen LogP contribution in [0, 0.1) is 0 Å². The third-order valence-electron chi connectivity index (χ3n) is 5.86. The first-order chi connectivity index (χ1) is 16.0. The largest absolute Gasteiger partial charge is 0.451 e. The van der Waals surface area contributed by atoms with Gasteiger partial charge in [0.25, 0.3) is 5.91 Å². The molecule has 0 radical (unpaired) electrons. The van der Waals surface area contributed by atoms with Gasteiger partial charge in [0.15, 0.2) is 5.76 Å². The molecule has 0 saturated heterocycles. The van der Waals surface area contributed by atoms with E-state index >= 15 is 0 Å². The van der Waals surface area contributed by atoms with Crippen molar-refractivity contribution in [3.8, 4) is 11.5 Å². The number of fused-ring (bicyclic) bond motifs is 1. The fourth-order valence-corrected chi connectivity index (χ4v) is 4.54. The number of rotatable bonds is 6. The van der Waals surface area contributed by atoms with Gasteiger partial charge in [0.2, 0.25) is 11.8 Å². The highest BCUT2D eigenvalue weighted by molar-refractivity contribution is 9.10. The summed E-state index contributed by atoms with van der Waals surface area (Å²) in [6.45, 7) is 0.521. The van der Waals surface area contributed by atoms with Gasteiger partial charge < -0.3 is 19.5 Å². The van der Waals surface area contributed by atoms with Crippen LogP contribution in [0.3, 0.4) is 0 Å². The number of benzene rings is 2. The molecule has 2 N–H and O–H groups in total. The van der Waals surface area contributed by atoms with Crippen LogP contribution in [0.4, 0.5) is 0 Å². The molecule has 0 unspecified atom stereocenters. The zero-order chi connectivity index (χ0) is 22.8. The normalized spacial score (nSPS) is 18.5. The van der Waals surface area contributed by atoms with Crippen LogP contribution in [-0.4, -0.2) is 28.2 Å². The quantitative estimate of drug-likeness (QED) is 0.331. The third kappa shape index (κ3) is 5.29. The molecule has 1 saturated carbocycles. The summed E-state index contributed by atoms with van der Waals surface area (Å²) in [5.41, 5.74) is 1.54. The lowest BCUT2D eigenvalue weighted by Crippen LogP contribution is -2.42. The molecule has 1 aliphatic rings. The third-order valence-corrected chi connectivity index (χ3v) is 6.63. The van der Waals surface area contributed by atoms with Crippen LogP contribution in [0.2, 0.25) is 5.02 Å². The zero-order valence-electron chi connectivity index (χ0n) is 17.7. The molecular formula is C24H22BrClN4O3. The predicted octanol–water partition coefficient (Wildman–Crippen LogP) is 5.73. The summed E-state index contributed by atoms with van der Waals surface area (Å²) in [7, 11) is 0. The maximum atomic E-state index is 12.6. The van der Waals surface area contributed by atoms with Crippen molar-refractivity contribution >= 4 is 44.4 Å². The van der Waals surface area contributed by atoms with Crippen LogP contribution in [0.1, 0.15) is 42.1 Å². The summed E-state index contributed by atoms with van der Waals surface area (Å²) in [5, 5.41) is 16.3. The van der Waals surface area contributed by atoms with Crippen LogP contribution < -0.4 is 10.6 Å². The first-order valence-electron chi connectivity index (χ1n) is 10.9. The summed E-state index contributed by atoms with van der Waals surface area (Å²) in [6.07, 6.45) is 3.69. The Balaban J connectivity index is 1.09. The Bertz CT molecular complexity index is 1260. The number of halogens is 2. The van der Waals surface area contributed by atoms with Crippen molar-refractivity contribution < 1.29 is 13.6 Å². The van der Waals surface area contributed by atoms with Gasteiger partial charge in [0.05, 0.1) is 6.54 Å². The Kier molecular flexibility index (Phi) is 6.48. The summed E-state index contributed by atoms with van der Waals surface area (Å²) < 4.78 is 12.4. The minimum atomic E-state index is -0.190. The van der Waals surface area contributed by atoms with E-state index < -0.39 is 0 Å². The van der Waals surface area contributed by atoms with Crippen molar-refractivity contribution in [1.29, 1.82) is 0 Å². The van der Waals surface area contributed by atoms with Crippen molar-refractivity contribution in [2.45, 2.75) is 44.3 Å². The van der Waals surface area contributed by atoms with Crippen molar-refractivity contribution in [1.82, 2.24) is 20.8 Å². The van der Waals surface area contributed by atoms with E-state index in [9.17, 15) is 4.79 Å². The van der Waals surface area contributed by atoms with Gasteiger partial charge in [0.1, 0.15) is 5.58 Å². The molecule has 0 bridgehead atoms. The summed E-state index contributed by atoms with van der Waals surface area (Å²) in [5.74, 6) is 1.20. The first-order valence-corrected chi connectivity index (χ1v) is 12.0. The van der Waals surface area contributed by atoms with Gasteiger partial charge in [-0.2, -0.15) is 0 Å². The summed E-state index contributed by atoms with van der Waals surface area (Å²) in [4.78, 5) is 12.6. The average molecular weight is 530 g/mol. The second-order valence-electron chi connectivity index (χ2n) is 8.20. The minimum Gasteiger partial charge on any atom is -0.451 e. The van der Waals surface area contributed by atoms with Crippen molar-refractivity contribution in [2.24, 2.45) is 0 Å². The standard InChI is InChI=1S/C24H22BrClN4O3/c25-16-3-1-14(2-4-16)24-30-29-22(33-24)13-27-18-6-8-19(9-7-18)28-23(31)21-12-15-11-17(26)5-10-20(15)32-21/h1-5,10-12,18-19,27H,6-9,13H2,(H,28,31)/t18-,19-. The second kappa shape index (κ2) is 9.67. The number of hydrogen-bond donors (Lipinski definition) is 2. The molecule has 1 aliphatic carbocycles. The second-order valence-corrected chi connectivity index (χ2v) is 9.56. The molecule has 5 rings (SSSR count). The lowest BCUT2D eigenvalue weighted by molar-refractivity contribution is 0.0898. The van der Waals surface area contributed by atoms with E-state index in [2.05, 4.69) is 36.8 Å². The van der Waals surface area contributed by atoms with Gasteiger partial charge in [-0.3, -0.25) is 4.79 Å². The molecule has 2 aromatic carbocycles. The average Bonchev–Trinajstić information content (AvgIpc) is 3.46. The van der Waals surface area contributed by atoms with Crippen LogP contribution >= 0.6 is 27.5 Å². The number of hydrogen-bond acceptors (Lipinski definition) is 6. The highest BCUT2D eigenvalue weighted by Gasteiger charge is 2.24. The highest BCUT2D eigenvalue weighted by Crippen LogP contribution is 2.25. The molecule has 7 nitrogen and oxygen atoms in total. The van der Waals surface area contributed by atoms with Gasteiger partial charge >= 0.3 is 0 Å². The molecule has 1 amide bonds. The molecule has 170 valence electrons. The lowest BCUT2D eigenvalue weighted by atomic mass is 9.91. The fourth-order valence-electron chi connectivity index (χ4n) is 4.09. The molecule has 9 heteroatoms. The molecule has 33 heavy (non-hydrogen) atoms. The Labute approximate surface area is 204 Å². The maximum absolute atomic E-state index is 12.6. The van der Waals surface area contributed by atoms with Crippen LogP contribution in [0.25, 0.3) is 22.4 Å². The predicted molar refractivity (Wildman–Crippen MR) is 129 cm³/mol. The highest BCUT2D eigenvalue weighted by atomic mass is 79.9. The Morgan fingerprint density at radius 1 is 1.00 bits per heavy atom. The van der Waals surface area contributed by atoms with E-state index in [-0.39, 0.29) is 11.9 Å². The number of aromatic nitrogens is 2. The topological polar surface area (TPSA) is 93.2 Å². The number of nitrogens with zero attached hydrogens (tertiary/aromatic N) is 2. The minimum absolute atomic E-state index is 0.125. The van der Waals surface area contributed by atoms with Crippen molar-refractivity contribution in [3.05, 3.63) is 69.7 Å². The maximum Gasteiger partial charge on any atom is 0.287 e. The Morgan fingerprint density at radius 3 is 2.55 bits per heavy atom. The number of nitrogens with one attached hydrogen (secondary N) is 2. The SMILES string of the molecule is O=C(N[C@H]1CC[C@H](NCc2nnc(-c3ccc(Br)cc3)o2)CC1)c1cc2cc(Cl)ccc2o1. The molecule has 0 aliphatic heterocycles. The zero-order valence-corrected chi connectivity index (χ0v) is 20.0. The van der Waals surface area contributed by atoms with Gasteiger partial charge in [-0.25, -0.2) is 0 Å². The van der Waals surface area contributed by atoms with Gasteiger partial charge in [-0.05, 0) is 74.2 Å². The molecule has 2 heterocycles. The Hall–Kier alpha value is -2.68. The van der Waals surface area contributed by atoms with Crippen LogP contribution in [-0.2, 0) is 6.54 Å². The van der Waals surface area contributed by atoms with E-state index in [0.29, 0.717) is 40.7 Å². The van der Waals surface area contributed by atoms with E-state index in [1.54, 1.807) is 24.3 Å². The molecule has 2 aromatic heterocycles. The van der Waals surface area contributed by atoms with Crippen LogP contribution in [0.5, 0.6) is 0 Å². The monoisotopic (exact) mass is 528 g/mol. The lowest BCUT2D eigenvalue weighted by Gasteiger charge is -2.29. The molecule has 0 atom stereocenters. The van der Waals surface area contributed by atoms with Crippen molar-refractivity contribution in [3.63, 3.8) is 0 Å². The Morgan fingerprint density at radius 2 is 1.76 bits per heavy atom. The smallest absolute Gasteiger partial charge is 0.287 e. The van der Waals surface area contributed by atoms with E-state index in [1.807, 2.05) is 24.3 Å². The first kappa shape index (κ1) is 22.1. The molecule has 4 aromatic rings. The number of furan rings is 1. The molecular weight excluding hydrogens is 508 g/mol.